The minimum Gasteiger partial charge on any atom is -0.507 e. The average Bonchev–Trinajstić information content (AvgIpc) is 3.55. The summed E-state index contributed by atoms with van der Waals surface area (Å²) in [5, 5.41) is 11.4. The summed E-state index contributed by atoms with van der Waals surface area (Å²) in [6.07, 6.45) is 3.76. The molecule has 0 saturated carbocycles. The van der Waals surface area contributed by atoms with Crippen LogP contribution >= 0.6 is 0 Å². The van der Waals surface area contributed by atoms with Crippen LogP contribution in [0.1, 0.15) is 37.1 Å². The third-order valence-electron chi connectivity index (χ3n) is 7.20. The van der Waals surface area contributed by atoms with Gasteiger partial charge >= 0.3 is 0 Å². The Kier molecular flexibility index (Phi) is 6.65. The number of benzene rings is 2. The first-order valence-electron chi connectivity index (χ1n) is 12.3. The number of nitrogens with zero attached hydrogens (tertiary/aromatic N) is 2. The largest absolute Gasteiger partial charge is 0.507 e. The van der Waals surface area contributed by atoms with Gasteiger partial charge in [0, 0.05) is 24.5 Å². The van der Waals surface area contributed by atoms with Gasteiger partial charge in [-0.2, -0.15) is 0 Å². The van der Waals surface area contributed by atoms with E-state index in [2.05, 4.69) is 11.8 Å². The number of hydrogen-bond acceptors (Lipinski definition) is 7. The van der Waals surface area contributed by atoms with Crippen LogP contribution in [0.5, 0.6) is 11.5 Å². The molecular formula is C29H30N2O6. The van der Waals surface area contributed by atoms with Crippen molar-refractivity contribution in [1.82, 2.24) is 0 Å². The maximum absolute atomic E-state index is 13.4. The summed E-state index contributed by atoms with van der Waals surface area (Å²) in [7, 11) is 2.97. The highest BCUT2D eigenvalue weighted by molar-refractivity contribution is 6.51. The van der Waals surface area contributed by atoms with E-state index in [9.17, 15) is 14.7 Å². The van der Waals surface area contributed by atoms with Crippen LogP contribution in [0, 0.1) is 5.92 Å². The van der Waals surface area contributed by atoms with E-state index in [1.165, 1.54) is 25.4 Å². The first-order chi connectivity index (χ1) is 17.9. The lowest BCUT2D eigenvalue weighted by Crippen LogP contribution is -2.33. The molecule has 2 fully saturated rings. The van der Waals surface area contributed by atoms with E-state index in [4.69, 9.17) is 13.9 Å². The fourth-order valence-corrected chi connectivity index (χ4v) is 5.05. The van der Waals surface area contributed by atoms with E-state index in [1.54, 1.807) is 30.3 Å². The molecule has 0 spiro atoms. The summed E-state index contributed by atoms with van der Waals surface area (Å²) in [4.78, 5) is 30.5. The Balaban J connectivity index is 1.58. The number of aliphatic hydroxyl groups excluding tert-OH is 1. The molecule has 0 bridgehead atoms. The summed E-state index contributed by atoms with van der Waals surface area (Å²) in [5.74, 6) is -0.0355. The predicted molar refractivity (Wildman–Crippen MR) is 140 cm³/mol. The van der Waals surface area contributed by atoms with Crippen molar-refractivity contribution in [3.05, 3.63) is 77.8 Å². The third-order valence-corrected chi connectivity index (χ3v) is 7.20. The van der Waals surface area contributed by atoms with Crippen LogP contribution in [0.15, 0.2) is 70.9 Å². The van der Waals surface area contributed by atoms with Gasteiger partial charge < -0.3 is 23.9 Å². The number of hydrogen-bond donors (Lipinski definition) is 1. The van der Waals surface area contributed by atoms with Crippen LogP contribution in [-0.2, 0) is 9.59 Å². The molecule has 0 aliphatic carbocycles. The topological polar surface area (TPSA) is 92.4 Å². The summed E-state index contributed by atoms with van der Waals surface area (Å²) in [6, 6.07) is 14.9. The van der Waals surface area contributed by atoms with Crippen molar-refractivity contribution in [2.24, 2.45) is 5.92 Å². The number of Topliss-reactive ketones (excluding diaryl/α,β-unsaturated/α-hetero) is 1. The van der Waals surface area contributed by atoms with E-state index < -0.39 is 17.7 Å². The Morgan fingerprint density at radius 3 is 2.30 bits per heavy atom. The zero-order valence-corrected chi connectivity index (χ0v) is 21.1. The molecule has 2 aromatic carbocycles. The molecule has 2 aliphatic rings. The number of furan rings is 1. The fraction of sp³-hybridized carbons (Fsp3) is 0.310. The molecule has 1 unspecified atom stereocenters. The Bertz CT molecular complexity index is 1320. The lowest BCUT2D eigenvalue weighted by molar-refractivity contribution is -0.132. The van der Waals surface area contributed by atoms with Crippen molar-refractivity contribution in [2.45, 2.75) is 25.8 Å². The number of aliphatic hydroxyl groups is 1. The summed E-state index contributed by atoms with van der Waals surface area (Å²) in [6.45, 7) is 4.24. The van der Waals surface area contributed by atoms with Gasteiger partial charge in [-0.15, -0.1) is 0 Å². The second-order valence-electron chi connectivity index (χ2n) is 9.44. The first-order valence-corrected chi connectivity index (χ1v) is 12.3. The van der Waals surface area contributed by atoms with Gasteiger partial charge in [-0.25, -0.2) is 0 Å². The van der Waals surface area contributed by atoms with E-state index in [-0.39, 0.29) is 16.9 Å². The molecule has 1 atom stereocenters. The molecule has 3 heterocycles. The molecule has 8 heteroatoms. The standard InChI is InChI=1S/C29H30N2O6/c1-18-12-14-30(15-13-18)19-6-8-20(9-7-19)31-26(24-5-4-16-37-24)25(28(33)29(31)34)27(32)22-17-21(35-2)10-11-23(22)36-3/h4-11,16-18,26,32H,12-15H2,1-3H3/b27-25-. The van der Waals surface area contributed by atoms with Crippen LogP contribution in [0.3, 0.4) is 0 Å². The van der Waals surface area contributed by atoms with Gasteiger partial charge in [0.1, 0.15) is 29.1 Å². The molecule has 2 saturated heterocycles. The number of anilines is 2. The lowest BCUT2D eigenvalue weighted by Gasteiger charge is -2.32. The molecule has 0 radical (unpaired) electrons. The maximum atomic E-state index is 13.4. The third kappa shape index (κ3) is 4.43. The number of ether oxygens (including phenoxy) is 2. The molecule has 1 N–H and O–H groups in total. The molecule has 192 valence electrons. The van der Waals surface area contributed by atoms with Gasteiger partial charge in [-0.05, 0) is 73.4 Å². The first kappa shape index (κ1) is 24.5. The number of amides is 1. The minimum atomic E-state index is -0.951. The highest BCUT2D eigenvalue weighted by atomic mass is 16.5. The fourth-order valence-electron chi connectivity index (χ4n) is 5.05. The minimum absolute atomic E-state index is 0.0828. The van der Waals surface area contributed by atoms with Crippen molar-refractivity contribution in [1.29, 1.82) is 0 Å². The van der Waals surface area contributed by atoms with Gasteiger partial charge in [0.25, 0.3) is 11.7 Å². The average molecular weight is 503 g/mol. The Hall–Kier alpha value is -4.20. The number of rotatable bonds is 6. The van der Waals surface area contributed by atoms with Gasteiger partial charge in [0.2, 0.25) is 0 Å². The zero-order chi connectivity index (χ0) is 26.1. The summed E-state index contributed by atoms with van der Waals surface area (Å²) < 4.78 is 16.4. The Labute approximate surface area is 215 Å². The smallest absolute Gasteiger partial charge is 0.300 e. The van der Waals surface area contributed by atoms with Crippen molar-refractivity contribution < 1.29 is 28.6 Å². The van der Waals surface area contributed by atoms with E-state index in [0.717, 1.165) is 37.5 Å². The van der Waals surface area contributed by atoms with Crippen molar-refractivity contribution in [2.75, 3.05) is 37.1 Å². The van der Waals surface area contributed by atoms with Crippen LogP contribution in [0.2, 0.25) is 0 Å². The normalized spacial score (nSPS) is 19.9. The molecule has 1 amide bonds. The lowest BCUT2D eigenvalue weighted by atomic mass is 9.98. The van der Waals surface area contributed by atoms with Crippen LogP contribution in [0.4, 0.5) is 11.4 Å². The summed E-state index contributed by atoms with van der Waals surface area (Å²) in [5.41, 5.74) is 1.77. The van der Waals surface area contributed by atoms with Gasteiger partial charge in [-0.1, -0.05) is 6.92 Å². The molecular weight excluding hydrogens is 472 g/mol. The zero-order valence-electron chi connectivity index (χ0n) is 21.1. The molecule has 37 heavy (non-hydrogen) atoms. The van der Waals surface area contributed by atoms with Crippen LogP contribution in [0.25, 0.3) is 5.76 Å². The molecule has 3 aromatic rings. The Morgan fingerprint density at radius 2 is 1.68 bits per heavy atom. The van der Waals surface area contributed by atoms with Gasteiger partial charge in [0.05, 0.1) is 31.6 Å². The number of ketones is 1. The maximum Gasteiger partial charge on any atom is 0.300 e. The van der Waals surface area contributed by atoms with Crippen LogP contribution < -0.4 is 19.3 Å². The van der Waals surface area contributed by atoms with E-state index in [1.807, 2.05) is 24.3 Å². The van der Waals surface area contributed by atoms with Crippen molar-refractivity contribution >= 4 is 28.8 Å². The highest BCUT2D eigenvalue weighted by Crippen LogP contribution is 2.44. The molecule has 2 aliphatic heterocycles. The number of piperidine rings is 1. The predicted octanol–water partition coefficient (Wildman–Crippen LogP) is 5.16. The number of carbonyl (C=O) groups is 2. The van der Waals surface area contributed by atoms with Crippen molar-refractivity contribution in [3.8, 4) is 11.5 Å². The monoisotopic (exact) mass is 502 g/mol. The highest BCUT2D eigenvalue weighted by Gasteiger charge is 2.48. The van der Waals surface area contributed by atoms with E-state index in [0.29, 0.717) is 22.9 Å². The summed E-state index contributed by atoms with van der Waals surface area (Å²) >= 11 is 0. The van der Waals surface area contributed by atoms with Gasteiger partial charge in [0.15, 0.2) is 0 Å². The molecule has 1 aromatic heterocycles. The quantitative estimate of drug-likeness (QED) is 0.283. The second kappa shape index (κ2) is 10.0. The van der Waals surface area contributed by atoms with Crippen molar-refractivity contribution in [3.63, 3.8) is 0 Å². The Morgan fingerprint density at radius 1 is 0.973 bits per heavy atom. The van der Waals surface area contributed by atoms with Gasteiger partial charge in [-0.3, -0.25) is 14.5 Å². The molecule has 8 nitrogen and oxygen atoms in total. The van der Waals surface area contributed by atoms with Crippen LogP contribution in [-0.4, -0.2) is 44.1 Å². The van der Waals surface area contributed by atoms with E-state index >= 15 is 0 Å². The number of methoxy groups -OCH3 is 2. The SMILES string of the molecule is COc1ccc(OC)c(/C(O)=C2/C(=O)C(=O)N(c3ccc(N4CCC(C)CC4)cc3)C2c2ccco2)c1. The second-order valence-corrected chi connectivity index (χ2v) is 9.44. The number of carbonyl (C=O) groups excluding carboxylic acids is 2. The molecule has 5 rings (SSSR count).